The minimum Gasteiger partial charge on any atom is -0.395 e. The Kier molecular flexibility index (Phi) is 6.89. The van der Waals surface area contributed by atoms with Gasteiger partial charge in [-0.1, -0.05) is 23.9 Å². The molecule has 3 aromatic heterocycles. The van der Waals surface area contributed by atoms with Crippen LogP contribution < -0.4 is 4.84 Å². The molecule has 1 fully saturated rings. The largest absolute Gasteiger partial charge is 0.395 e. The molecule has 4 aromatic rings. The van der Waals surface area contributed by atoms with Crippen LogP contribution in [-0.4, -0.2) is 73.6 Å². The van der Waals surface area contributed by atoms with Crippen LogP contribution in [0.25, 0.3) is 21.3 Å². The molecule has 0 atom stereocenters. The Morgan fingerprint density at radius 2 is 2.00 bits per heavy atom. The number of nitrogens with zero attached hydrogens (tertiary/aromatic N) is 7. The molecular formula is C23H26ClN7O2S. The maximum atomic E-state index is 12.7. The second-order valence-corrected chi connectivity index (χ2v) is 9.72. The Bertz CT molecular complexity index is 1300. The molecule has 0 saturated carbocycles. The molecule has 0 radical (unpaired) electrons. The number of rotatable bonds is 8. The van der Waals surface area contributed by atoms with Gasteiger partial charge in [-0.3, -0.25) is 9.69 Å². The van der Waals surface area contributed by atoms with Crippen LogP contribution in [0.15, 0.2) is 30.3 Å². The van der Waals surface area contributed by atoms with E-state index in [0.717, 1.165) is 46.5 Å². The van der Waals surface area contributed by atoms with Crippen molar-refractivity contribution in [3.8, 4) is 0 Å². The van der Waals surface area contributed by atoms with Gasteiger partial charge in [-0.15, -0.1) is 16.4 Å². The molecule has 0 unspecified atom stereocenters. The molecule has 178 valence electrons. The van der Waals surface area contributed by atoms with Crippen molar-refractivity contribution in [1.29, 1.82) is 0 Å². The number of aryl methyl sites for hydroxylation is 1. The lowest BCUT2D eigenvalue weighted by Gasteiger charge is -2.34. The Morgan fingerprint density at radius 1 is 1.18 bits per heavy atom. The zero-order valence-electron chi connectivity index (χ0n) is 19.0. The number of aromatic nitrogens is 5. The Balaban J connectivity index is 1.09. The number of para-hydroxylation sites is 1. The molecule has 5 rings (SSSR count). The van der Waals surface area contributed by atoms with Gasteiger partial charge in [-0.05, 0) is 47.9 Å². The lowest BCUT2D eigenvalue weighted by Crippen LogP contribution is -2.48. The maximum Gasteiger partial charge on any atom is 0.224 e. The van der Waals surface area contributed by atoms with E-state index in [1.807, 2.05) is 29.2 Å². The van der Waals surface area contributed by atoms with Gasteiger partial charge in [-0.2, -0.15) is 0 Å². The first kappa shape index (κ1) is 22.9. The van der Waals surface area contributed by atoms with Crippen LogP contribution in [0.5, 0.6) is 0 Å². The molecule has 4 heterocycles. The summed E-state index contributed by atoms with van der Waals surface area (Å²) in [6.45, 7) is 6.28. The maximum absolute atomic E-state index is 12.7. The standard InChI is InChI=1S/C23H26ClN7O2S/c1-2-16-14-17-19(25-23(24)26-22(17)34-16)15-29-9-11-30(12-10-29)21(32)8-5-13-33-31-20-7-4-3-6-18(20)27-28-31/h3-4,6-7,14H,2,5,8-13,15H2,1H3. The molecule has 0 spiro atoms. The van der Waals surface area contributed by atoms with Crippen LogP contribution in [0.2, 0.25) is 5.28 Å². The summed E-state index contributed by atoms with van der Waals surface area (Å²) in [6.07, 6.45) is 2.05. The van der Waals surface area contributed by atoms with Gasteiger partial charge in [0, 0.05) is 49.4 Å². The van der Waals surface area contributed by atoms with E-state index in [4.69, 9.17) is 16.4 Å². The number of hydrogen-bond acceptors (Lipinski definition) is 8. The fourth-order valence-corrected chi connectivity index (χ4v) is 5.36. The third-order valence-corrected chi connectivity index (χ3v) is 7.35. The summed E-state index contributed by atoms with van der Waals surface area (Å²) in [5.41, 5.74) is 2.57. The fourth-order valence-electron chi connectivity index (χ4n) is 4.14. The highest BCUT2D eigenvalue weighted by Gasteiger charge is 2.22. The van der Waals surface area contributed by atoms with Crippen molar-refractivity contribution in [2.45, 2.75) is 32.7 Å². The summed E-state index contributed by atoms with van der Waals surface area (Å²) in [6, 6.07) is 9.79. The molecule has 9 nitrogen and oxygen atoms in total. The molecule has 11 heteroatoms. The average Bonchev–Trinajstić information content (AvgIpc) is 3.46. The molecular weight excluding hydrogens is 474 g/mol. The van der Waals surface area contributed by atoms with E-state index in [2.05, 4.69) is 38.2 Å². The van der Waals surface area contributed by atoms with E-state index >= 15 is 0 Å². The van der Waals surface area contributed by atoms with E-state index in [0.29, 0.717) is 44.4 Å². The Morgan fingerprint density at radius 3 is 2.82 bits per heavy atom. The summed E-state index contributed by atoms with van der Waals surface area (Å²) in [5, 5.41) is 9.45. The van der Waals surface area contributed by atoms with Gasteiger partial charge in [0.2, 0.25) is 11.2 Å². The Labute approximate surface area is 206 Å². The molecule has 1 amide bonds. The number of thiophene rings is 1. The summed E-state index contributed by atoms with van der Waals surface area (Å²) >= 11 is 7.85. The summed E-state index contributed by atoms with van der Waals surface area (Å²) in [5.74, 6) is 0.157. The van der Waals surface area contributed by atoms with E-state index in [9.17, 15) is 4.79 Å². The van der Waals surface area contributed by atoms with Crippen LogP contribution in [0.1, 0.15) is 30.3 Å². The van der Waals surface area contributed by atoms with Crippen molar-refractivity contribution < 1.29 is 9.63 Å². The number of hydrogen-bond donors (Lipinski definition) is 0. The first-order valence-corrected chi connectivity index (χ1v) is 12.7. The lowest BCUT2D eigenvalue weighted by atomic mass is 10.2. The monoisotopic (exact) mass is 499 g/mol. The van der Waals surface area contributed by atoms with E-state index in [1.165, 1.54) is 9.72 Å². The topological polar surface area (TPSA) is 89.3 Å². The molecule has 0 aliphatic carbocycles. The number of amides is 1. The third kappa shape index (κ3) is 4.98. The molecule has 0 N–H and O–H groups in total. The van der Waals surface area contributed by atoms with E-state index in [-0.39, 0.29) is 5.91 Å². The minimum atomic E-state index is 0.157. The Hall–Kier alpha value is -2.82. The predicted molar refractivity (Wildman–Crippen MR) is 132 cm³/mol. The normalized spacial score (nSPS) is 14.8. The van der Waals surface area contributed by atoms with Crippen LogP contribution in [0, 0.1) is 0 Å². The van der Waals surface area contributed by atoms with Gasteiger partial charge < -0.3 is 9.74 Å². The van der Waals surface area contributed by atoms with Crippen molar-refractivity contribution in [3.63, 3.8) is 0 Å². The highest BCUT2D eigenvalue weighted by molar-refractivity contribution is 7.18. The SMILES string of the molecule is CCc1cc2c(CN3CCN(C(=O)CCCOn4nnc5ccccc54)CC3)nc(Cl)nc2s1. The van der Waals surface area contributed by atoms with Crippen LogP contribution in [0.4, 0.5) is 0 Å². The van der Waals surface area contributed by atoms with Crippen LogP contribution >= 0.6 is 22.9 Å². The molecule has 0 bridgehead atoms. The van der Waals surface area contributed by atoms with Gasteiger partial charge >= 0.3 is 0 Å². The van der Waals surface area contributed by atoms with Crippen molar-refractivity contribution in [3.05, 3.63) is 46.2 Å². The van der Waals surface area contributed by atoms with Crippen molar-refractivity contribution in [2.24, 2.45) is 0 Å². The molecule has 1 saturated heterocycles. The number of carbonyl (C=O) groups excluding carboxylic acids is 1. The van der Waals surface area contributed by atoms with Crippen molar-refractivity contribution in [2.75, 3.05) is 32.8 Å². The van der Waals surface area contributed by atoms with Gasteiger partial charge in [0.15, 0.2) is 0 Å². The first-order chi connectivity index (χ1) is 16.6. The second kappa shape index (κ2) is 10.2. The molecule has 34 heavy (non-hydrogen) atoms. The third-order valence-electron chi connectivity index (χ3n) is 6.01. The highest BCUT2D eigenvalue weighted by Crippen LogP contribution is 2.28. The molecule has 1 aromatic carbocycles. The molecule has 1 aliphatic rings. The number of carbonyl (C=O) groups is 1. The quantitative estimate of drug-likeness (QED) is 0.271. The first-order valence-electron chi connectivity index (χ1n) is 11.5. The number of benzene rings is 1. The predicted octanol–water partition coefficient (Wildman–Crippen LogP) is 3.21. The van der Waals surface area contributed by atoms with E-state index < -0.39 is 0 Å². The zero-order chi connectivity index (χ0) is 23.5. The highest BCUT2D eigenvalue weighted by atomic mass is 35.5. The van der Waals surface area contributed by atoms with Gasteiger partial charge in [0.05, 0.1) is 5.69 Å². The summed E-state index contributed by atoms with van der Waals surface area (Å²) in [4.78, 5) is 35.1. The van der Waals surface area contributed by atoms with E-state index in [1.54, 1.807) is 11.3 Å². The van der Waals surface area contributed by atoms with Crippen molar-refractivity contribution in [1.82, 2.24) is 34.9 Å². The second-order valence-electron chi connectivity index (χ2n) is 8.27. The fraction of sp³-hybridized carbons (Fsp3) is 0.435. The van der Waals surface area contributed by atoms with Crippen molar-refractivity contribution >= 4 is 50.1 Å². The number of halogens is 1. The lowest BCUT2D eigenvalue weighted by molar-refractivity contribution is -0.133. The smallest absolute Gasteiger partial charge is 0.224 e. The number of piperazine rings is 1. The van der Waals surface area contributed by atoms with Gasteiger partial charge in [0.1, 0.15) is 22.5 Å². The number of fused-ring (bicyclic) bond motifs is 2. The average molecular weight is 500 g/mol. The van der Waals surface area contributed by atoms with Gasteiger partial charge in [0.25, 0.3) is 0 Å². The molecule has 1 aliphatic heterocycles. The summed E-state index contributed by atoms with van der Waals surface area (Å²) < 4.78 is 0. The summed E-state index contributed by atoms with van der Waals surface area (Å²) in [7, 11) is 0. The van der Waals surface area contributed by atoms with Crippen LogP contribution in [-0.2, 0) is 17.8 Å². The van der Waals surface area contributed by atoms with Gasteiger partial charge in [-0.25, -0.2) is 9.97 Å². The zero-order valence-corrected chi connectivity index (χ0v) is 20.6. The minimum absolute atomic E-state index is 0.157. The van der Waals surface area contributed by atoms with Crippen LogP contribution in [0.3, 0.4) is 0 Å².